The summed E-state index contributed by atoms with van der Waals surface area (Å²) in [6, 6.07) is 2.29. The second-order valence-electron chi connectivity index (χ2n) is 3.27. The molecule has 2 rings (SSSR count). The highest BCUT2D eigenvalue weighted by Crippen LogP contribution is 2.10. The summed E-state index contributed by atoms with van der Waals surface area (Å²) in [5.41, 5.74) is 1.72. The highest BCUT2D eigenvalue weighted by atomic mass is 15.0. The number of nitrogens with one attached hydrogen (secondary N) is 2. The number of rotatable bonds is 2. The molecule has 0 fully saturated rings. The molecule has 4 nitrogen and oxygen atoms in total. The van der Waals surface area contributed by atoms with Crippen molar-refractivity contribution in [2.75, 3.05) is 5.32 Å². The van der Waals surface area contributed by atoms with Crippen LogP contribution in [0, 0.1) is 0 Å². The first-order chi connectivity index (χ1) is 6.25. The van der Waals surface area contributed by atoms with Crippen molar-refractivity contribution in [2.24, 2.45) is 0 Å². The largest absolute Gasteiger partial charge is 0.367 e. The monoisotopic (exact) mass is 176 g/mol. The van der Waals surface area contributed by atoms with Gasteiger partial charge in [-0.1, -0.05) is 0 Å². The lowest BCUT2D eigenvalue weighted by Crippen LogP contribution is -2.11. The number of hydrogen-bond acceptors (Lipinski definition) is 3. The van der Waals surface area contributed by atoms with Gasteiger partial charge in [-0.3, -0.25) is 0 Å². The van der Waals surface area contributed by atoms with Gasteiger partial charge in [0, 0.05) is 12.2 Å². The molecule has 2 aromatic rings. The Labute approximate surface area is 76.4 Å². The normalized spacial score (nSPS) is 11.0. The van der Waals surface area contributed by atoms with E-state index in [-0.39, 0.29) is 0 Å². The third-order valence-electron chi connectivity index (χ3n) is 1.70. The Balaban J connectivity index is 2.37. The summed E-state index contributed by atoms with van der Waals surface area (Å²) in [4.78, 5) is 11.6. The van der Waals surface area contributed by atoms with Crippen LogP contribution in [0.1, 0.15) is 13.8 Å². The molecule has 2 aromatic heterocycles. The van der Waals surface area contributed by atoms with Crippen molar-refractivity contribution in [1.82, 2.24) is 15.0 Å². The Morgan fingerprint density at radius 2 is 2.31 bits per heavy atom. The maximum atomic E-state index is 4.37. The van der Waals surface area contributed by atoms with Gasteiger partial charge in [0.25, 0.3) is 0 Å². The molecule has 0 aliphatic heterocycles. The number of aromatic nitrogens is 3. The molecule has 4 heteroatoms. The van der Waals surface area contributed by atoms with Crippen LogP contribution in [0.25, 0.3) is 11.2 Å². The first-order valence-electron chi connectivity index (χ1n) is 4.32. The van der Waals surface area contributed by atoms with Crippen LogP contribution < -0.4 is 5.32 Å². The van der Waals surface area contributed by atoms with E-state index >= 15 is 0 Å². The van der Waals surface area contributed by atoms with Crippen LogP contribution in [0.2, 0.25) is 0 Å². The van der Waals surface area contributed by atoms with Crippen LogP contribution in [0.5, 0.6) is 0 Å². The van der Waals surface area contributed by atoms with Crippen molar-refractivity contribution in [1.29, 1.82) is 0 Å². The minimum atomic E-state index is 0.380. The predicted molar refractivity (Wildman–Crippen MR) is 52.6 cm³/mol. The van der Waals surface area contributed by atoms with Crippen LogP contribution in [0.4, 0.5) is 5.82 Å². The van der Waals surface area contributed by atoms with Gasteiger partial charge in [0.2, 0.25) is 0 Å². The lowest BCUT2D eigenvalue weighted by atomic mass is 10.4. The average Bonchev–Trinajstić information content (AvgIpc) is 2.49. The molecule has 0 radical (unpaired) electrons. The number of hydrogen-bond donors (Lipinski definition) is 2. The second kappa shape index (κ2) is 3.05. The van der Waals surface area contributed by atoms with Crippen molar-refractivity contribution in [3.63, 3.8) is 0 Å². The Kier molecular flexibility index (Phi) is 1.88. The number of aromatic amines is 1. The van der Waals surface area contributed by atoms with E-state index in [2.05, 4.69) is 34.1 Å². The van der Waals surface area contributed by atoms with Gasteiger partial charge in [0.1, 0.15) is 11.3 Å². The van der Waals surface area contributed by atoms with E-state index in [1.807, 2.05) is 12.3 Å². The van der Waals surface area contributed by atoms with Crippen LogP contribution in [-0.2, 0) is 0 Å². The fourth-order valence-electron chi connectivity index (χ4n) is 1.20. The minimum Gasteiger partial charge on any atom is -0.367 e. The van der Waals surface area contributed by atoms with Crippen molar-refractivity contribution in [3.8, 4) is 0 Å². The number of anilines is 1. The van der Waals surface area contributed by atoms with Crippen molar-refractivity contribution in [2.45, 2.75) is 19.9 Å². The number of fused-ring (bicyclic) bond motifs is 1. The Morgan fingerprint density at radius 3 is 3.08 bits per heavy atom. The highest BCUT2D eigenvalue weighted by molar-refractivity contribution is 5.71. The van der Waals surface area contributed by atoms with Gasteiger partial charge in [0.15, 0.2) is 5.65 Å². The summed E-state index contributed by atoms with van der Waals surface area (Å²) in [5, 5.41) is 3.20. The first-order valence-corrected chi connectivity index (χ1v) is 4.32. The summed E-state index contributed by atoms with van der Waals surface area (Å²) >= 11 is 0. The van der Waals surface area contributed by atoms with Gasteiger partial charge in [-0.25, -0.2) is 9.97 Å². The Hall–Kier alpha value is -1.58. The van der Waals surface area contributed by atoms with Crippen molar-refractivity contribution < 1.29 is 0 Å². The molecular formula is C9H12N4. The van der Waals surface area contributed by atoms with Crippen molar-refractivity contribution >= 4 is 17.0 Å². The second-order valence-corrected chi connectivity index (χ2v) is 3.27. The lowest BCUT2D eigenvalue weighted by molar-refractivity contribution is 0.889. The Morgan fingerprint density at radius 1 is 1.46 bits per heavy atom. The molecule has 0 unspecified atom stereocenters. The molecule has 0 aromatic carbocycles. The van der Waals surface area contributed by atoms with Gasteiger partial charge >= 0.3 is 0 Å². The Bertz CT molecular complexity index is 405. The SMILES string of the molecule is CC(C)Nc1cnc2[nH]ccc2n1. The quantitative estimate of drug-likeness (QED) is 0.733. The van der Waals surface area contributed by atoms with E-state index in [0.29, 0.717) is 6.04 Å². The van der Waals surface area contributed by atoms with E-state index in [1.54, 1.807) is 6.20 Å². The third kappa shape index (κ3) is 1.61. The lowest BCUT2D eigenvalue weighted by Gasteiger charge is -2.07. The highest BCUT2D eigenvalue weighted by Gasteiger charge is 2.00. The summed E-state index contributed by atoms with van der Waals surface area (Å²) in [5.74, 6) is 0.821. The van der Waals surface area contributed by atoms with E-state index < -0.39 is 0 Å². The van der Waals surface area contributed by atoms with Gasteiger partial charge in [-0.15, -0.1) is 0 Å². The molecule has 0 amide bonds. The molecular weight excluding hydrogens is 164 g/mol. The zero-order chi connectivity index (χ0) is 9.26. The van der Waals surface area contributed by atoms with E-state index in [4.69, 9.17) is 0 Å². The van der Waals surface area contributed by atoms with Crippen molar-refractivity contribution in [3.05, 3.63) is 18.5 Å². The predicted octanol–water partition coefficient (Wildman–Crippen LogP) is 1.78. The smallest absolute Gasteiger partial charge is 0.156 e. The number of nitrogens with zero attached hydrogens (tertiary/aromatic N) is 2. The maximum Gasteiger partial charge on any atom is 0.156 e. The molecule has 0 aliphatic carbocycles. The standard InChI is InChI=1S/C9H12N4/c1-6(2)12-8-5-11-9-7(13-8)3-4-10-9/h3-6H,1-2H3,(H,10,11)(H,12,13). The molecule has 0 bridgehead atoms. The molecule has 2 N–H and O–H groups in total. The van der Waals surface area contributed by atoms with Crippen LogP contribution >= 0.6 is 0 Å². The summed E-state index contributed by atoms with van der Waals surface area (Å²) in [7, 11) is 0. The zero-order valence-electron chi connectivity index (χ0n) is 7.70. The van der Waals surface area contributed by atoms with Gasteiger partial charge in [-0.2, -0.15) is 0 Å². The molecule has 0 atom stereocenters. The van der Waals surface area contributed by atoms with E-state index in [9.17, 15) is 0 Å². The molecule has 0 spiro atoms. The van der Waals surface area contributed by atoms with Crippen LogP contribution in [0.3, 0.4) is 0 Å². The molecule has 0 saturated heterocycles. The molecule has 0 aliphatic rings. The molecule has 0 saturated carbocycles. The molecule has 13 heavy (non-hydrogen) atoms. The topological polar surface area (TPSA) is 53.6 Å². The van der Waals surface area contributed by atoms with E-state index in [0.717, 1.165) is 17.0 Å². The van der Waals surface area contributed by atoms with Gasteiger partial charge in [-0.05, 0) is 19.9 Å². The maximum absolute atomic E-state index is 4.37. The van der Waals surface area contributed by atoms with Crippen LogP contribution in [0.15, 0.2) is 18.5 Å². The fourth-order valence-corrected chi connectivity index (χ4v) is 1.20. The molecule has 2 heterocycles. The van der Waals surface area contributed by atoms with Gasteiger partial charge in [0.05, 0.1) is 6.20 Å². The molecule has 68 valence electrons. The summed E-state index contributed by atoms with van der Waals surface area (Å²) in [6.45, 7) is 4.14. The van der Waals surface area contributed by atoms with Gasteiger partial charge < -0.3 is 10.3 Å². The minimum absolute atomic E-state index is 0.380. The fraction of sp³-hybridized carbons (Fsp3) is 0.333. The number of H-pyrrole nitrogens is 1. The third-order valence-corrected chi connectivity index (χ3v) is 1.70. The summed E-state index contributed by atoms with van der Waals surface area (Å²) < 4.78 is 0. The first kappa shape index (κ1) is 8.04. The van der Waals surface area contributed by atoms with E-state index in [1.165, 1.54) is 0 Å². The van der Waals surface area contributed by atoms with Crippen LogP contribution in [-0.4, -0.2) is 21.0 Å². The zero-order valence-corrected chi connectivity index (χ0v) is 7.70. The average molecular weight is 176 g/mol. The summed E-state index contributed by atoms with van der Waals surface area (Å²) in [6.07, 6.45) is 3.57.